The highest BCUT2D eigenvalue weighted by molar-refractivity contribution is 8.24. The topological polar surface area (TPSA) is 315 Å². The summed E-state index contributed by atoms with van der Waals surface area (Å²) < 4.78 is 6.44. The minimum absolute atomic E-state index is 0.0110. The minimum Gasteiger partial charge on any atom is -0.480 e. The molecule has 3 aromatic carbocycles. The molecule has 4 atom stereocenters. The lowest BCUT2D eigenvalue weighted by Gasteiger charge is -2.13. The van der Waals surface area contributed by atoms with Gasteiger partial charge in [0.05, 0.1) is 12.0 Å². The quantitative estimate of drug-likeness (QED) is 0.0139. The number of nitrogens with one attached hydrogen (secondary N) is 8. The first-order valence-electron chi connectivity index (χ1n) is 22.8. The average molecular weight is 1250 g/mol. The largest absolute Gasteiger partial charge is 0.480 e. The SMILES string of the molecule is C=CCNC(=S)SCC(C)NC(C)=O.CC(=O)NC(CSC(=S)NCCc1ccccc1)C(=O)O.CC(=O)NC(CSC(=S)NCc1ccccc1)C(=O)O.CC(=O)NC(CSC(=S)Nc1ccc(SOOO)cc1)C(=O)O. The summed E-state index contributed by atoms with van der Waals surface area (Å²) in [6.45, 7) is 12.8. The van der Waals surface area contributed by atoms with E-state index in [-0.39, 0.29) is 41.0 Å². The van der Waals surface area contributed by atoms with Crippen molar-refractivity contribution < 1.29 is 63.5 Å². The lowest BCUT2D eigenvalue weighted by Crippen LogP contribution is -2.42. The van der Waals surface area contributed by atoms with Gasteiger partial charge >= 0.3 is 17.9 Å². The number of aliphatic carboxylic acids is 3. The Labute approximate surface area is 496 Å². The first-order chi connectivity index (χ1) is 36.9. The average Bonchev–Trinajstić information content (AvgIpc) is 3.38. The van der Waals surface area contributed by atoms with Crippen molar-refractivity contribution in [2.24, 2.45) is 0 Å². The number of hydrogen-bond acceptors (Lipinski definition) is 19. The van der Waals surface area contributed by atoms with Crippen molar-refractivity contribution in [3.63, 3.8) is 0 Å². The van der Waals surface area contributed by atoms with E-state index < -0.39 is 41.9 Å². The number of rotatable bonds is 26. The third-order valence-corrected chi connectivity index (χ3v) is 14.8. The summed E-state index contributed by atoms with van der Waals surface area (Å²) in [6.07, 6.45) is 2.60. The molecule has 21 nitrogen and oxygen atoms in total. The Balaban J connectivity index is 0.00000103. The van der Waals surface area contributed by atoms with Crippen LogP contribution in [0.4, 0.5) is 5.69 Å². The number of carboxylic acid groups (broad SMARTS) is 3. The second kappa shape index (κ2) is 44.7. The van der Waals surface area contributed by atoms with E-state index in [9.17, 15) is 33.6 Å². The third-order valence-electron chi connectivity index (χ3n) is 8.54. The molecule has 0 aromatic heterocycles. The fraction of sp³-hybridized carbons (Fsp3) is 0.354. The highest BCUT2D eigenvalue weighted by Crippen LogP contribution is 2.22. The number of thiocarbonyl (C=S) groups is 4. The molecular formula is C48H64N8O13S9. The highest BCUT2D eigenvalue weighted by atomic mass is 32.2. The van der Waals surface area contributed by atoms with Crippen LogP contribution in [0.25, 0.3) is 0 Å². The second-order valence-electron chi connectivity index (χ2n) is 15.3. The fourth-order valence-electron chi connectivity index (χ4n) is 5.16. The van der Waals surface area contributed by atoms with Gasteiger partial charge in [0.1, 0.15) is 35.4 Å². The lowest BCUT2D eigenvalue weighted by molar-refractivity contribution is -0.432. The van der Waals surface area contributed by atoms with Crippen LogP contribution < -0.4 is 42.5 Å². The Morgan fingerprint density at radius 2 is 0.974 bits per heavy atom. The number of carboxylic acids is 3. The van der Waals surface area contributed by atoms with E-state index in [0.717, 1.165) is 45.9 Å². The van der Waals surface area contributed by atoms with Gasteiger partial charge in [-0.1, -0.05) is 168 Å². The molecule has 0 heterocycles. The first-order valence-corrected chi connectivity index (χ1v) is 29.1. The standard InChI is InChI=1S/C14H18N2O3S2.C13H16N2O3S2.C12H14N2O6S3.C9H16N2OS2/c1-10(17)16-12(13(18)19)9-21-14(20)15-8-7-11-5-3-2-4-6-11;1-9(16)15-11(12(17)18)8-20-13(19)14-7-10-5-3-2-4-6-10;1-7(15)13-10(11(16)17)6-22-12(21)14-8-2-4-9(5-3-8)23-20-19-18;1-4-5-10-9(13)14-6-7(2)11-8(3)12/h2-6,12H,7-9H2,1H3,(H,15,20)(H,16,17)(H,18,19);2-6,11H,7-8H2,1H3,(H,14,19)(H,15,16)(H,17,18);2-5,10,18H,6H2,1H3,(H,13,15)(H,14,21)(H,16,17);4,7H,1,5-6H2,2-3H3,(H,10,13)(H,11,12). The molecule has 0 saturated carbocycles. The molecule has 4 unspecified atom stereocenters. The maximum atomic E-state index is 11.0. The van der Waals surface area contributed by atoms with Gasteiger partial charge in [-0.2, -0.15) is 0 Å². The zero-order valence-electron chi connectivity index (χ0n) is 43.0. The summed E-state index contributed by atoms with van der Waals surface area (Å²) in [5, 5.41) is 60.3. The third kappa shape index (κ3) is 41.0. The molecule has 30 heteroatoms. The van der Waals surface area contributed by atoms with Crippen molar-refractivity contribution in [1.82, 2.24) is 37.2 Å². The lowest BCUT2D eigenvalue weighted by atomic mass is 10.2. The molecule has 78 heavy (non-hydrogen) atoms. The van der Waals surface area contributed by atoms with Crippen LogP contribution in [0.5, 0.6) is 0 Å². The Hall–Kier alpha value is -5.12. The molecule has 0 aliphatic carbocycles. The molecule has 0 aliphatic rings. The van der Waals surface area contributed by atoms with Crippen LogP contribution >= 0.6 is 108 Å². The summed E-state index contributed by atoms with van der Waals surface area (Å²) in [6, 6.07) is 23.9. The monoisotopic (exact) mass is 1250 g/mol. The van der Waals surface area contributed by atoms with Crippen molar-refractivity contribution in [3.8, 4) is 0 Å². The van der Waals surface area contributed by atoms with Gasteiger partial charge in [-0.3, -0.25) is 19.2 Å². The predicted octanol–water partition coefficient (Wildman–Crippen LogP) is 6.25. The van der Waals surface area contributed by atoms with Crippen LogP contribution in [-0.4, -0.2) is 140 Å². The van der Waals surface area contributed by atoms with Crippen molar-refractivity contribution in [1.29, 1.82) is 0 Å². The van der Waals surface area contributed by atoms with E-state index >= 15 is 0 Å². The van der Waals surface area contributed by atoms with Gasteiger partial charge < -0.3 is 57.9 Å². The van der Waals surface area contributed by atoms with Crippen LogP contribution in [0.2, 0.25) is 0 Å². The van der Waals surface area contributed by atoms with Crippen molar-refractivity contribution in [2.45, 2.75) is 76.6 Å². The van der Waals surface area contributed by atoms with Crippen molar-refractivity contribution in [3.05, 3.63) is 109 Å². The molecule has 3 rings (SSSR count). The normalized spacial score (nSPS) is 11.5. The molecule has 0 saturated heterocycles. The maximum absolute atomic E-state index is 11.0. The second-order valence-corrected chi connectivity index (χ2v) is 22.9. The van der Waals surface area contributed by atoms with E-state index in [1.54, 1.807) is 30.3 Å². The summed E-state index contributed by atoms with van der Waals surface area (Å²) in [4.78, 5) is 77.0. The van der Waals surface area contributed by atoms with Crippen LogP contribution in [0, 0.1) is 0 Å². The Morgan fingerprint density at radius 3 is 1.40 bits per heavy atom. The van der Waals surface area contributed by atoms with E-state index in [1.165, 1.54) is 68.5 Å². The van der Waals surface area contributed by atoms with Gasteiger partial charge in [0.15, 0.2) is 0 Å². The van der Waals surface area contributed by atoms with Gasteiger partial charge in [0.25, 0.3) is 0 Å². The van der Waals surface area contributed by atoms with Gasteiger partial charge in [-0.15, -0.1) is 10.9 Å². The van der Waals surface area contributed by atoms with Gasteiger partial charge in [-0.25, -0.2) is 19.6 Å². The van der Waals surface area contributed by atoms with Crippen LogP contribution in [0.15, 0.2) is 102 Å². The number of carbonyl (C=O) groups excluding carboxylic acids is 4. The van der Waals surface area contributed by atoms with E-state index in [1.807, 2.05) is 67.6 Å². The highest BCUT2D eigenvalue weighted by Gasteiger charge is 2.21. The zero-order valence-corrected chi connectivity index (χ0v) is 50.3. The zero-order chi connectivity index (χ0) is 58.8. The number of carbonyl (C=O) groups is 7. The summed E-state index contributed by atoms with van der Waals surface area (Å²) in [5.74, 6) is -3.15. The number of anilines is 1. The molecule has 0 bridgehead atoms. The van der Waals surface area contributed by atoms with Crippen molar-refractivity contribution >= 4 is 172 Å². The molecule has 0 radical (unpaired) electrons. The minimum atomic E-state index is -1.12. The number of thioether (sulfide) groups is 4. The fourth-order valence-corrected chi connectivity index (χ4v) is 9.58. The maximum Gasteiger partial charge on any atom is 0.327 e. The molecule has 428 valence electrons. The molecule has 12 N–H and O–H groups in total. The van der Waals surface area contributed by atoms with Crippen LogP contribution in [0.3, 0.4) is 0 Å². The number of hydrogen-bond donors (Lipinski definition) is 12. The van der Waals surface area contributed by atoms with E-state index in [2.05, 4.69) is 58.5 Å². The Morgan fingerprint density at radius 1 is 0.564 bits per heavy atom. The van der Waals surface area contributed by atoms with Gasteiger partial charge in [0, 0.05) is 87.0 Å². The molecule has 0 fully saturated rings. The van der Waals surface area contributed by atoms with E-state index in [0.29, 0.717) is 43.2 Å². The predicted molar refractivity (Wildman–Crippen MR) is 330 cm³/mol. The number of amides is 4. The molecule has 0 spiro atoms. The van der Waals surface area contributed by atoms with E-state index in [4.69, 9.17) is 69.4 Å². The molecular weight excluding hydrogens is 1190 g/mol. The van der Waals surface area contributed by atoms with Crippen molar-refractivity contribution in [2.75, 3.05) is 41.4 Å². The summed E-state index contributed by atoms with van der Waals surface area (Å²) >= 11 is 26.3. The summed E-state index contributed by atoms with van der Waals surface area (Å²) in [5.41, 5.74) is 3.00. The van der Waals surface area contributed by atoms with Crippen LogP contribution in [0.1, 0.15) is 45.7 Å². The summed E-state index contributed by atoms with van der Waals surface area (Å²) in [7, 11) is 0. The Kier molecular flexibility index (Phi) is 41.8. The van der Waals surface area contributed by atoms with Gasteiger partial charge in [-0.05, 0) is 48.7 Å². The Bertz CT molecular complexity index is 2390. The smallest absolute Gasteiger partial charge is 0.327 e. The number of benzene rings is 3. The molecule has 0 aliphatic heterocycles. The molecule has 4 amide bonds. The molecule has 3 aromatic rings. The first kappa shape index (κ1) is 72.9. The van der Waals surface area contributed by atoms with Crippen LogP contribution in [-0.2, 0) is 55.9 Å². The van der Waals surface area contributed by atoms with Gasteiger partial charge in [0.2, 0.25) is 23.6 Å².